The first kappa shape index (κ1) is 40.3. The summed E-state index contributed by atoms with van der Waals surface area (Å²) in [6.07, 6.45) is 5.74. The summed E-state index contributed by atoms with van der Waals surface area (Å²) >= 11 is 0. The highest BCUT2D eigenvalue weighted by Gasteiger charge is 2.22. The number of phenols is 1. The minimum absolute atomic E-state index is 0.0274. The Balaban J connectivity index is 1.06. The molecule has 53 heavy (non-hydrogen) atoms. The summed E-state index contributed by atoms with van der Waals surface area (Å²) < 4.78 is 16.7. The van der Waals surface area contributed by atoms with Crippen molar-refractivity contribution in [1.82, 2.24) is 0 Å². The number of unbranched alkanes of at least 4 members (excludes halogenated alkanes) is 5. The Hall–Kier alpha value is -5.44. The van der Waals surface area contributed by atoms with Gasteiger partial charge in [0.2, 0.25) is 0 Å². The highest BCUT2D eigenvalue weighted by Crippen LogP contribution is 2.34. The van der Waals surface area contributed by atoms with Gasteiger partial charge in [-0.05, 0) is 103 Å². The summed E-state index contributed by atoms with van der Waals surface area (Å²) in [7, 11) is 0. The third-order valence-electron chi connectivity index (χ3n) is 8.93. The van der Waals surface area contributed by atoms with Crippen molar-refractivity contribution in [3.63, 3.8) is 0 Å². The Morgan fingerprint density at radius 3 is 1.94 bits per heavy atom. The van der Waals surface area contributed by atoms with Crippen LogP contribution in [-0.2, 0) is 14.9 Å². The fraction of sp³-hybridized carbons (Fsp3) is 0.364. The molecule has 4 aromatic carbocycles. The van der Waals surface area contributed by atoms with E-state index in [1.54, 1.807) is 79.7 Å². The van der Waals surface area contributed by atoms with Gasteiger partial charge < -0.3 is 24.4 Å². The lowest BCUT2D eigenvalue weighted by Gasteiger charge is -2.22. The molecule has 0 saturated heterocycles. The number of ether oxygens (including phenoxy) is 3. The maximum absolute atomic E-state index is 12.7. The Labute approximate surface area is 311 Å². The molecule has 0 saturated carbocycles. The topological polar surface area (TPSA) is 136 Å². The fourth-order valence-electron chi connectivity index (χ4n) is 5.87. The molecule has 0 aliphatic rings. The average molecular weight is 723 g/mol. The number of carbonyl (C=O) groups is 4. The minimum Gasteiger partial charge on any atom is -0.507 e. The van der Waals surface area contributed by atoms with E-state index in [4.69, 9.17) is 14.2 Å². The van der Waals surface area contributed by atoms with Crippen LogP contribution in [0.2, 0.25) is 0 Å². The number of hydrogen-bond donors (Lipinski definition) is 2. The first-order chi connectivity index (χ1) is 25.2. The van der Waals surface area contributed by atoms with Crippen molar-refractivity contribution < 1.29 is 43.6 Å². The summed E-state index contributed by atoms with van der Waals surface area (Å²) in [6.45, 7) is 10.5. The van der Waals surface area contributed by atoms with Gasteiger partial charge in [0.05, 0.1) is 30.8 Å². The molecule has 0 atom stereocenters. The largest absolute Gasteiger partial charge is 0.507 e. The lowest BCUT2D eigenvalue weighted by molar-refractivity contribution is -0.143. The second-order valence-electron chi connectivity index (χ2n) is 14.3. The van der Waals surface area contributed by atoms with Crippen LogP contribution in [0.3, 0.4) is 0 Å². The van der Waals surface area contributed by atoms with E-state index in [9.17, 15) is 29.4 Å². The van der Waals surface area contributed by atoms with Crippen molar-refractivity contribution in [2.24, 2.45) is 0 Å². The summed E-state index contributed by atoms with van der Waals surface area (Å²) in [5.74, 6) is -0.820. The fourth-order valence-corrected chi connectivity index (χ4v) is 5.87. The van der Waals surface area contributed by atoms with Crippen LogP contribution in [0.1, 0.15) is 120 Å². The molecule has 280 valence electrons. The predicted octanol–water partition coefficient (Wildman–Crippen LogP) is 9.82. The normalized spacial score (nSPS) is 11.2. The molecule has 0 fully saturated rings. The summed E-state index contributed by atoms with van der Waals surface area (Å²) in [5, 5.41) is 19.9. The smallest absolute Gasteiger partial charge is 0.343 e. The highest BCUT2D eigenvalue weighted by atomic mass is 16.5. The Morgan fingerprint density at radius 1 is 0.679 bits per heavy atom. The first-order valence-corrected chi connectivity index (χ1v) is 18.2. The number of carboxylic acid groups (broad SMARTS) is 1. The number of ketones is 1. The van der Waals surface area contributed by atoms with Gasteiger partial charge in [0.1, 0.15) is 17.2 Å². The van der Waals surface area contributed by atoms with Crippen molar-refractivity contribution >= 4 is 23.7 Å². The van der Waals surface area contributed by atoms with Crippen molar-refractivity contribution in [2.75, 3.05) is 13.2 Å². The number of aryl methyl sites for hydroxylation is 2. The highest BCUT2D eigenvalue weighted by molar-refractivity contribution is 5.98. The van der Waals surface area contributed by atoms with Crippen molar-refractivity contribution in [1.29, 1.82) is 0 Å². The van der Waals surface area contributed by atoms with Crippen LogP contribution in [0.15, 0.2) is 78.9 Å². The lowest BCUT2D eigenvalue weighted by Crippen LogP contribution is -2.14. The molecule has 0 bridgehead atoms. The quantitative estimate of drug-likeness (QED) is 0.0445. The van der Waals surface area contributed by atoms with Gasteiger partial charge in [-0.25, -0.2) is 9.59 Å². The van der Waals surface area contributed by atoms with E-state index in [1.807, 2.05) is 33.8 Å². The molecule has 9 nitrogen and oxygen atoms in total. The van der Waals surface area contributed by atoms with Gasteiger partial charge >= 0.3 is 17.9 Å². The minimum atomic E-state index is -1.00. The van der Waals surface area contributed by atoms with E-state index in [0.717, 1.165) is 44.1 Å². The molecule has 0 aliphatic heterocycles. The number of aromatic carboxylic acids is 1. The molecule has 0 aromatic heterocycles. The molecule has 2 N–H and O–H groups in total. The van der Waals surface area contributed by atoms with Crippen molar-refractivity contribution in [2.45, 2.75) is 91.4 Å². The lowest BCUT2D eigenvalue weighted by atomic mass is 9.83. The number of carboxylic acids is 1. The maximum atomic E-state index is 12.7. The van der Waals surface area contributed by atoms with Crippen LogP contribution in [0.4, 0.5) is 0 Å². The van der Waals surface area contributed by atoms with E-state index >= 15 is 0 Å². The van der Waals surface area contributed by atoms with Crippen LogP contribution in [-0.4, -0.2) is 47.1 Å². The number of hydrogen-bond acceptors (Lipinski definition) is 8. The van der Waals surface area contributed by atoms with Crippen LogP contribution in [0.5, 0.6) is 17.2 Å². The molecular weight excluding hydrogens is 672 g/mol. The molecule has 0 radical (unpaired) electrons. The van der Waals surface area contributed by atoms with Gasteiger partial charge in [-0.1, -0.05) is 76.3 Å². The molecule has 4 aromatic rings. The van der Waals surface area contributed by atoms with Gasteiger partial charge in [0.15, 0.2) is 5.78 Å². The monoisotopic (exact) mass is 722 g/mol. The zero-order valence-corrected chi connectivity index (χ0v) is 31.3. The summed E-state index contributed by atoms with van der Waals surface area (Å²) in [5.41, 5.74) is 4.39. The number of rotatable bonds is 18. The third kappa shape index (κ3) is 12.1. The van der Waals surface area contributed by atoms with E-state index in [1.165, 1.54) is 0 Å². The zero-order valence-electron chi connectivity index (χ0n) is 31.3. The van der Waals surface area contributed by atoms with Crippen molar-refractivity contribution in [3.05, 3.63) is 112 Å². The Bertz CT molecular complexity index is 1880. The average Bonchev–Trinajstić information content (AvgIpc) is 3.12. The van der Waals surface area contributed by atoms with Gasteiger partial charge in [-0.3, -0.25) is 9.59 Å². The van der Waals surface area contributed by atoms with Gasteiger partial charge in [-0.15, -0.1) is 0 Å². The standard InChI is InChI=1S/C44H50O9/c1-29-12-21-36(42(48)49)37(26-29)31-13-19-35(20-14-31)53-43(50)32-15-17-34(18-16-32)51-24-10-8-6-7-9-11-25-52-40(46)23-22-39(45)33-27-30(2)41(47)38(28-33)44(3,4)5/h12-21,26-28,47H,6-11,22-25H2,1-5H3,(H,48,49). The Kier molecular flexibility index (Phi) is 14.4. The van der Waals surface area contributed by atoms with Crippen LogP contribution >= 0.6 is 0 Å². The summed E-state index contributed by atoms with van der Waals surface area (Å²) in [4.78, 5) is 49.3. The first-order valence-electron chi connectivity index (χ1n) is 18.2. The van der Waals surface area contributed by atoms with E-state index in [-0.39, 0.29) is 41.3 Å². The molecule has 0 aliphatic carbocycles. The zero-order chi connectivity index (χ0) is 38.5. The van der Waals surface area contributed by atoms with Gasteiger partial charge in [0, 0.05) is 17.5 Å². The van der Waals surface area contributed by atoms with Crippen LogP contribution in [0.25, 0.3) is 11.1 Å². The number of phenolic OH excluding ortho intramolecular Hbond substituents is 1. The number of benzene rings is 4. The molecule has 0 amide bonds. The number of esters is 2. The number of carbonyl (C=O) groups excluding carboxylic acids is 3. The van der Waals surface area contributed by atoms with Gasteiger partial charge in [0.25, 0.3) is 0 Å². The SMILES string of the molecule is Cc1ccc(C(=O)O)c(-c2ccc(OC(=O)c3ccc(OCCCCCCCCOC(=O)CCC(=O)c4cc(C)c(O)c(C(C)(C)C)c4)cc3)cc2)c1. The van der Waals surface area contributed by atoms with E-state index in [2.05, 4.69) is 0 Å². The third-order valence-corrected chi connectivity index (χ3v) is 8.93. The second kappa shape index (κ2) is 18.9. The molecule has 4 rings (SSSR count). The van der Waals surface area contributed by atoms with Crippen LogP contribution in [0, 0.1) is 13.8 Å². The molecule has 9 heteroatoms. The van der Waals surface area contributed by atoms with E-state index < -0.39 is 11.9 Å². The van der Waals surface area contributed by atoms with Crippen molar-refractivity contribution in [3.8, 4) is 28.4 Å². The Morgan fingerprint density at radius 2 is 1.30 bits per heavy atom. The van der Waals surface area contributed by atoms with Crippen LogP contribution < -0.4 is 9.47 Å². The molecule has 0 heterocycles. The maximum Gasteiger partial charge on any atom is 0.343 e. The predicted molar refractivity (Wildman–Crippen MR) is 204 cm³/mol. The molecule has 0 unspecified atom stereocenters. The number of aromatic hydroxyl groups is 1. The molecular formula is C44H50O9. The van der Waals surface area contributed by atoms with E-state index in [0.29, 0.717) is 58.1 Å². The number of Topliss-reactive ketones (excluding diaryl/α,β-unsaturated/α-hetero) is 1. The second-order valence-corrected chi connectivity index (χ2v) is 14.3. The summed E-state index contributed by atoms with van der Waals surface area (Å²) in [6, 6.07) is 22.1. The van der Waals surface area contributed by atoms with Gasteiger partial charge in [-0.2, -0.15) is 0 Å². The molecule has 0 spiro atoms.